The summed E-state index contributed by atoms with van der Waals surface area (Å²) in [5.74, 6) is -0.630. The number of nitrogens with zero attached hydrogens (tertiary/aromatic N) is 3. The number of hydrogen-bond donors (Lipinski definition) is 0. The Kier molecular flexibility index (Phi) is 7.74. The lowest BCUT2D eigenvalue weighted by molar-refractivity contribution is -0.138. The van der Waals surface area contributed by atoms with Gasteiger partial charge in [0.2, 0.25) is 5.91 Å². The van der Waals surface area contributed by atoms with Crippen molar-refractivity contribution in [3.8, 4) is 0 Å². The van der Waals surface area contributed by atoms with Gasteiger partial charge in [0.25, 0.3) is 5.91 Å². The average Bonchev–Trinajstić information content (AvgIpc) is 3.10. The minimum absolute atomic E-state index is 0.0828. The molecule has 2 aromatic rings. The van der Waals surface area contributed by atoms with Gasteiger partial charge in [-0.1, -0.05) is 18.2 Å². The molecular formula is C26H29F4N3O2. The zero-order valence-corrected chi connectivity index (χ0v) is 19.4. The van der Waals surface area contributed by atoms with Gasteiger partial charge < -0.3 is 9.80 Å². The Bertz CT molecular complexity index is 1030. The van der Waals surface area contributed by atoms with E-state index in [1.54, 1.807) is 17.0 Å². The summed E-state index contributed by atoms with van der Waals surface area (Å²) < 4.78 is 52.3. The molecule has 2 aliphatic rings. The van der Waals surface area contributed by atoms with E-state index in [4.69, 9.17) is 0 Å². The Hall–Kier alpha value is -2.94. The number of hydrogen-bond acceptors (Lipinski definition) is 3. The third-order valence-electron chi connectivity index (χ3n) is 6.84. The van der Waals surface area contributed by atoms with Crippen molar-refractivity contribution in [2.45, 2.75) is 32.0 Å². The second kappa shape index (κ2) is 10.8. The van der Waals surface area contributed by atoms with E-state index in [2.05, 4.69) is 4.90 Å². The molecule has 0 aromatic heterocycles. The van der Waals surface area contributed by atoms with Crippen LogP contribution >= 0.6 is 0 Å². The summed E-state index contributed by atoms with van der Waals surface area (Å²) in [6, 6.07) is 11.0. The van der Waals surface area contributed by atoms with Crippen molar-refractivity contribution < 1.29 is 27.2 Å². The van der Waals surface area contributed by atoms with E-state index < -0.39 is 11.7 Å². The highest BCUT2D eigenvalue weighted by Crippen LogP contribution is 2.29. The third-order valence-corrected chi connectivity index (χ3v) is 6.84. The molecule has 9 heteroatoms. The van der Waals surface area contributed by atoms with Gasteiger partial charge in [-0.3, -0.25) is 14.5 Å². The van der Waals surface area contributed by atoms with Crippen LogP contribution in [0.4, 0.5) is 17.6 Å². The molecule has 0 unspecified atom stereocenters. The van der Waals surface area contributed by atoms with Crippen molar-refractivity contribution in [3.63, 3.8) is 0 Å². The van der Waals surface area contributed by atoms with E-state index in [0.717, 1.165) is 25.1 Å². The van der Waals surface area contributed by atoms with Crippen LogP contribution in [0.1, 0.15) is 40.7 Å². The summed E-state index contributed by atoms with van der Waals surface area (Å²) in [6.07, 6.45) is -2.57. The van der Waals surface area contributed by atoms with Crippen molar-refractivity contribution in [3.05, 3.63) is 71.0 Å². The first-order valence-corrected chi connectivity index (χ1v) is 11.9. The zero-order valence-electron chi connectivity index (χ0n) is 19.4. The van der Waals surface area contributed by atoms with Crippen molar-refractivity contribution >= 4 is 11.8 Å². The molecule has 0 atom stereocenters. The molecular weight excluding hydrogens is 462 g/mol. The number of carbonyl (C=O) groups is 2. The summed E-state index contributed by atoms with van der Waals surface area (Å²) in [4.78, 5) is 31.5. The average molecular weight is 492 g/mol. The van der Waals surface area contributed by atoms with Gasteiger partial charge in [-0.25, -0.2) is 4.39 Å². The number of piperidine rings is 1. The van der Waals surface area contributed by atoms with Gasteiger partial charge >= 0.3 is 6.18 Å². The van der Waals surface area contributed by atoms with E-state index in [-0.39, 0.29) is 29.1 Å². The van der Waals surface area contributed by atoms with Crippen LogP contribution in [0.5, 0.6) is 0 Å². The van der Waals surface area contributed by atoms with Gasteiger partial charge in [-0.2, -0.15) is 13.2 Å². The molecule has 4 rings (SSSR count). The molecule has 2 fully saturated rings. The number of alkyl halides is 3. The maximum atomic E-state index is 14.0. The van der Waals surface area contributed by atoms with Gasteiger partial charge in [0.1, 0.15) is 5.82 Å². The van der Waals surface area contributed by atoms with Crippen LogP contribution in [0.3, 0.4) is 0 Å². The molecule has 2 aromatic carbocycles. The highest BCUT2D eigenvalue weighted by molar-refractivity contribution is 5.94. The topological polar surface area (TPSA) is 43.9 Å². The van der Waals surface area contributed by atoms with Crippen LogP contribution in [-0.4, -0.2) is 65.8 Å². The van der Waals surface area contributed by atoms with Crippen LogP contribution in [0.2, 0.25) is 0 Å². The second-order valence-corrected chi connectivity index (χ2v) is 9.19. The Morgan fingerprint density at radius 2 is 1.51 bits per heavy atom. The SMILES string of the molecule is O=C(c1ccc(C(F)(F)F)cc1)N1CCC(C(=O)N2CCCN(Cc3ccccc3F)CC2)CC1. The second-order valence-electron chi connectivity index (χ2n) is 9.19. The summed E-state index contributed by atoms with van der Waals surface area (Å²) in [6.45, 7) is 3.99. The van der Waals surface area contributed by atoms with E-state index in [1.807, 2.05) is 11.0 Å². The van der Waals surface area contributed by atoms with Crippen LogP contribution in [0, 0.1) is 11.7 Å². The molecule has 35 heavy (non-hydrogen) atoms. The first kappa shape index (κ1) is 25.2. The minimum Gasteiger partial charge on any atom is -0.341 e. The quantitative estimate of drug-likeness (QED) is 0.595. The van der Waals surface area contributed by atoms with Crippen molar-refractivity contribution in [1.29, 1.82) is 0 Å². The number of carbonyl (C=O) groups excluding carboxylic acids is 2. The van der Waals surface area contributed by atoms with Crippen LogP contribution in [0.15, 0.2) is 48.5 Å². The molecule has 2 heterocycles. The molecule has 188 valence electrons. The van der Waals surface area contributed by atoms with E-state index in [1.165, 1.54) is 18.2 Å². The molecule has 2 aliphatic heterocycles. The summed E-state index contributed by atoms with van der Waals surface area (Å²) in [5.41, 5.74) is 0.0749. The number of amides is 2. The molecule has 0 aliphatic carbocycles. The summed E-state index contributed by atoms with van der Waals surface area (Å²) >= 11 is 0. The van der Waals surface area contributed by atoms with Crippen LogP contribution in [-0.2, 0) is 17.5 Å². The van der Waals surface area contributed by atoms with Crippen molar-refractivity contribution in [1.82, 2.24) is 14.7 Å². The molecule has 0 saturated carbocycles. The van der Waals surface area contributed by atoms with Crippen molar-refractivity contribution in [2.24, 2.45) is 5.92 Å². The summed E-state index contributed by atoms with van der Waals surface area (Å²) in [7, 11) is 0. The van der Waals surface area contributed by atoms with E-state index >= 15 is 0 Å². The lowest BCUT2D eigenvalue weighted by atomic mass is 9.94. The smallest absolute Gasteiger partial charge is 0.341 e. The van der Waals surface area contributed by atoms with Gasteiger partial charge in [0.15, 0.2) is 0 Å². The predicted molar refractivity (Wildman–Crippen MR) is 123 cm³/mol. The van der Waals surface area contributed by atoms with Crippen LogP contribution < -0.4 is 0 Å². The molecule has 0 bridgehead atoms. The van der Waals surface area contributed by atoms with E-state index in [9.17, 15) is 27.2 Å². The Morgan fingerprint density at radius 3 is 2.17 bits per heavy atom. The Labute approximate surface area is 202 Å². The lowest BCUT2D eigenvalue weighted by Crippen LogP contribution is -2.45. The maximum absolute atomic E-state index is 14.0. The normalized spacial score (nSPS) is 18.4. The summed E-state index contributed by atoms with van der Waals surface area (Å²) in [5, 5.41) is 0. The fourth-order valence-electron chi connectivity index (χ4n) is 4.79. The van der Waals surface area contributed by atoms with Gasteiger partial charge in [-0.15, -0.1) is 0 Å². The predicted octanol–water partition coefficient (Wildman–Crippen LogP) is 4.43. The fourth-order valence-corrected chi connectivity index (χ4v) is 4.79. The molecule has 0 radical (unpaired) electrons. The Morgan fingerprint density at radius 1 is 0.829 bits per heavy atom. The number of benzene rings is 2. The fraction of sp³-hybridized carbons (Fsp3) is 0.462. The number of likely N-dealkylation sites (tertiary alicyclic amines) is 1. The molecule has 2 amide bonds. The highest BCUT2D eigenvalue weighted by atomic mass is 19.4. The first-order chi connectivity index (χ1) is 16.7. The highest BCUT2D eigenvalue weighted by Gasteiger charge is 2.33. The lowest BCUT2D eigenvalue weighted by Gasteiger charge is -2.34. The molecule has 0 N–H and O–H groups in total. The zero-order chi connectivity index (χ0) is 25.0. The van der Waals surface area contributed by atoms with E-state index in [0.29, 0.717) is 57.7 Å². The molecule has 5 nitrogen and oxygen atoms in total. The monoisotopic (exact) mass is 491 g/mol. The van der Waals surface area contributed by atoms with Crippen molar-refractivity contribution in [2.75, 3.05) is 39.3 Å². The first-order valence-electron chi connectivity index (χ1n) is 11.9. The largest absolute Gasteiger partial charge is 0.416 e. The maximum Gasteiger partial charge on any atom is 0.416 e. The molecule has 0 spiro atoms. The van der Waals surface area contributed by atoms with Gasteiger partial charge in [0, 0.05) is 62.9 Å². The standard InChI is InChI=1S/C26H29F4N3O2/c27-23-5-2-1-4-21(23)18-31-12-3-13-32(17-16-31)25(35)20-10-14-33(15-11-20)24(34)19-6-8-22(9-7-19)26(28,29)30/h1-2,4-9,20H,3,10-18H2. The van der Waals surface area contributed by atoms with Gasteiger partial charge in [-0.05, 0) is 49.6 Å². The van der Waals surface area contributed by atoms with Crippen LogP contribution in [0.25, 0.3) is 0 Å². The third kappa shape index (κ3) is 6.20. The number of halogens is 4. The molecule has 2 saturated heterocycles. The number of rotatable bonds is 4. The minimum atomic E-state index is -4.44. The Balaban J connectivity index is 1.27. The van der Waals surface area contributed by atoms with Gasteiger partial charge in [0.05, 0.1) is 5.56 Å².